The van der Waals surface area contributed by atoms with Crippen LogP contribution in [0.15, 0.2) is 6.20 Å². The van der Waals surface area contributed by atoms with Gasteiger partial charge in [0, 0.05) is 6.20 Å². The van der Waals surface area contributed by atoms with E-state index in [1.165, 1.54) is 22.6 Å². The summed E-state index contributed by atoms with van der Waals surface area (Å²) in [6.07, 6.45) is -4.78. The summed E-state index contributed by atoms with van der Waals surface area (Å²) >= 11 is 1.36. The normalized spacial score (nSPS) is 11.1. The fraction of sp³-hybridized carbons (Fsp3) is 0.333. The van der Waals surface area contributed by atoms with Crippen molar-refractivity contribution in [2.45, 2.75) is 12.8 Å². The van der Waals surface area contributed by atoms with E-state index in [0.717, 1.165) is 13.3 Å². The Morgan fingerprint density at radius 3 is 2.60 bits per heavy atom. The second-order valence-corrected chi connectivity index (χ2v) is 4.33. The number of esters is 1. The maximum atomic E-state index is 12.3. The topological polar surface area (TPSA) is 91.6 Å². The summed E-state index contributed by atoms with van der Waals surface area (Å²) in [6, 6.07) is 0. The highest BCUT2D eigenvalue weighted by Crippen LogP contribution is 2.37. The number of alkyl halides is 3. The molecular weight excluding hydrogens is 400 g/mol. The fourth-order valence-corrected chi connectivity index (χ4v) is 1.77. The van der Waals surface area contributed by atoms with Crippen LogP contribution in [0.5, 0.6) is 5.75 Å². The summed E-state index contributed by atoms with van der Waals surface area (Å²) in [7, 11) is 1.04. The van der Waals surface area contributed by atoms with Gasteiger partial charge in [-0.1, -0.05) is 0 Å². The monoisotopic (exact) mass is 406 g/mol. The van der Waals surface area contributed by atoms with Gasteiger partial charge >= 0.3 is 18.0 Å². The van der Waals surface area contributed by atoms with Crippen molar-refractivity contribution in [1.82, 2.24) is 4.98 Å². The molecule has 0 spiro atoms. The Hall–Kier alpha value is -1.66. The van der Waals surface area contributed by atoms with Gasteiger partial charge in [-0.2, -0.15) is 0 Å². The lowest BCUT2D eigenvalue weighted by Gasteiger charge is -2.12. The van der Waals surface area contributed by atoms with Crippen LogP contribution in [0.1, 0.15) is 5.56 Å². The lowest BCUT2D eigenvalue weighted by atomic mass is 10.1. The van der Waals surface area contributed by atoms with Crippen molar-refractivity contribution in [3.8, 4) is 5.75 Å². The molecule has 0 bridgehead atoms. The summed E-state index contributed by atoms with van der Waals surface area (Å²) in [4.78, 5) is 24.5. The van der Waals surface area contributed by atoms with Gasteiger partial charge in [-0.3, -0.25) is 14.9 Å². The molecule has 0 unspecified atom stereocenters. The van der Waals surface area contributed by atoms with Gasteiger partial charge in [-0.25, -0.2) is 4.98 Å². The number of aromatic nitrogens is 1. The van der Waals surface area contributed by atoms with Gasteiger partial charge in [0.05, 0.1) is 24.0 Å². The number of pyridine rings is 1. The lowest BCUT2D eigenvalue weighted by molar-refractivity contribution is -0.389. The number of ether oxygens (including phenoxy) is 2. The summed E-state index contributed by atoms with van der Waals surface area (Å²) in [5.74, 6) is -1.90. The zero-order chi connectivity index (χ0) is 15.5. The zero-order valence-electron chi connectivity index (χ0n) is 9.73. The predicted octanol–water partition coefficient (Wildman–Crippen LogP) is 2.21. The van der Waals surface area contributed by atoms with Crippen molar-refractivity contribution in [2.24, 2.45) is 0 Å². The lowest BCUT2D eigenvalue weighted by Crippen LogP contribution is -2.20. The van der Waals surface area contributed by atoms with E-state index in [1.807, 2.05) is 0 Å². The van der Waals surface area contributed by atoms with E-state index < -0.39 is 35.1 Å². The largest absolute Gasteiger partial charge is 0.573 e. The number of rotatable bonds is 4. The molecule has 0 aliphatic rings. The number of hydrogen-bond acceptors (Lipinski definition) is 6. The SMILES string of the molecule is COC(=O)Cc1cnc(I)c(OC(F)(F)F)c1[N+](=O)[O-]. The third kappa shape index (κ3) is 4.18. The molecule has 1 rings (SSSR count). The molecule has 7 nitrogen and oxygen atoms in total. The Bertz CT molecular complexity index is 549. The first-order chi connectivity index (χ1) is 9.15. The first-order valence-electron chi connectivity index (χ1n) is 4.80. The third-order valence-electron chi connectivity index (χ3n) is 2.00. The van der Waals surface area contributed by atoms with Crippen LogP contribution in [0.2, 0.25) is 0 Å². The average molecular weight is 406 g/mol. The van der Waals surface area contributed by atoms with E-state index in [9.17, 15) is 28.1 Å². The van der Waals surface area contributed by atoms with Crippen molar-refractivity contribution < 1.29 is 32.4 Å². The molecule has 1 aromatic heterocycles. The maximum absolute atomic E-state index is 12.3. The Morgan fingerprint density at radius 2 is 2.15 bits per heavy atom. The van der Waals surface area contributed by atoms with Crippen LogP contribution in [0.4, 0.5) is 18.9 Å². The van der Waals surface area contributed by atoms with Gasteiger partial charge in [0.1, 0.15) is 0 Å². The molecule has 0 aromatic carbocycles. The Morgan fingerprint density at radius 1 is 1.55 bits per heavy atom. The molecule has 0 aliphatic carbocycles. The van der Waals surface area contributed by atoms with Crippen LogP contribution < -0.4 is 4.74 Å². The standard InChI is InChI=1S/C9H6F3IN2O5/c1-19-5(16)2-4-3-14-8(13)7(6(4)15(17)18)20-9(10,11)12/h3H,2H2,1H3. The van der Waals surface area contributed by atoms with E-state index in [2.05, 4.69) is 14.5 Å². The smallest absolute Gasteiger partial charge is 0.469 e. The molecular formula is C9H6F3IN2O5. The Balaban J connectivity index is 3.37. The molecule has 1 heterocycles. The van der Waals surface area contributed by atoms with Gasteiger partial charge in [-0.05, 0) is 22.6 Å². The van der Waals surface area contributed by atoms with Gasteiger partial charge in [-0.15, -0.1) is 13.2 Å². The molecule has 0 amide bonds. The number of nitro groups is 1. The first kappa shape index (κ1) is 16.4. The first-order valence-corrected chi connectivity index (χ1v) is 5.88. The number of carbonyl (C=O) groups is 1. The van der Waals surface area contributed by atoms with E-state index in [0.29, 0.717) is 0 Å². The highest BCUT2D eigenvalue weighted by atomic mass is 127. The molecule has 0 fully saturated rings. The molecule has 0 aliphatic heterocycles. The summed E-state index contributed by atoms with van der Waals surface area (Å²) < 4.78 is 44.3. The minimum Gasteiger partial charge on any atom is -0.469 e. The van der Waals surface area contributed by atoms with Gasteiger partial charge in [0.15, 0.2) is 3.70 Å². The van der Waals surface area contributed by atoms with Crippen molar-refractivity contribution in [3.05, 3.63) is 25.6 Å². The van der Waals surface area contributed by atoms with Crippen LogP contribution in [0.25, 0.3) is 0 Å². The fourth-order valence-electron chi connectivity index (χ4n) is 1.26. The minimum absolute atomic E-state index is 0.332. The quantitative estimate of drug-likeness (QED) is 0.250. The van der Waals surface area contributed by atoms with Gasteiger partial charge in [0.25, 0.3) is 0 Å². The summed E-state index contributed by atoms with van der Waals surface area (Å²) in [5, 5.41) is 10.9. The van der Waals surface area contributed by atoms with E-state index in [-0.39, 0.29) is 9.26 Å². The Labute approximate surface area is 123 Å². The second kappa shape index (κ2) is 6.19. The summed E-state index contributed by atoms with van der Waals surface area (Å²) in [5.41, 5.74) is -1.30. The molecule has 20 heavy (non-hydrogen) atoms. The van der Waals surface area contributed by atoms with E-state index >= 15 is 0 Å². The molecule has 0 N–H and O–H groups in total. The van der Waals surface area contributed by atoms with Crippen LogP contribution in [0, 0.1) is 13.8 Å². The molecule has 0 saturated heterocycles. The van der Waals surface area contributed by atoms with E-state index in [1.54, 1.807) is 0 Å². The predicted molar refractivity (Wildman–Crippen MR) is 66.0 cm³/mol. The highest BCUT2D eigenvalue weighted by molar-refractivity contribution is 14.1. The molecule has 0 radical (unpaired) electrons. The number of halogens is 4. The number of methoxy groups -OCH3 is 1. The molecule has 0 atom stereocenters. The molecule has 0 saturated carbocycles. The highest BCUT2D eigenvalue weighted by Gasteiger charge is 2.37. The number of hydrogen-bond donors (Lipinski definition) is 0. The van der Waals surface area contributed by atoms with Crippen LogP contribution in [-0.2, 0) is 16.0 Å². The molecule has 1 aromatic rings. The molecule has 110 valence electrons. The third-order valence-corrected chi connectivity index (χ3v) is 2.77. The number of nitrogens with zero attached hydrogens (tertiary/aromatic N) is 2. The Kier molecular flexibility index (Phi) is 5.08. The van der Waals surface area contributed by atoms with Crippen LogP contribution >= 0.6 is 22.6 Å². The van der Waals surface area contributed by atoms with Crippen molar-refractivity contribution in [2.75, 3.05) is 7.11 Å². The van der Waals surface area contributed by atoms with E-state index in [4.69, 9.17) is 0 Å². The summed E-state index contributed by atoms with van der Waals surface area (Å²) in [6.45, 7) is 0. The van der Waals surface area contributed by atoms with Crippen molar-refractivity contribution in [1.29, 1.82) is 0 Å². The average Bonchev–Trinajstić information content (AvgIpc) is 2.31. The zero-order valence-corrected chi connectivity index (χ0v) is 11.9. The minimum atomic E-state index is -5.11. The maximum Gasteiger partial charge on any atom is 0.573 e. The number of carbonyl (C=O) groups excluding carboxylic acids is 1. The van der Waals surface area contributed by atoms with Crippen LogP contribution in [-0.4, -0.2) is 29.3 Å². The van der Waals surface area contributed by atoms with Gasteiger partial charge in [0.2, 0.25) is 5.75 Å². The van der Waals surface area contributed by atoms with Crippen molar-refractivity contribution in [3.63, 3.8) is 0 Å². The second-order valence-electron chi connectivity index (χ2n) is 3.31. The van der Waals surface area contributed by atoms with Gasteiger partial charge < -0.3 is 9.47 Å². The van der Waals surface area contributed by atoms with Crippen LogP contribution in [0.3, 0.4) is 0 Å². The van der Waals surface area contributed by atoms with Crippen molar-refractivity contribution >= 4 is 34.2 Å². The molecule has 11 heteroatoms.